The van der Waals surface area contributed by atoms with Crippen LogP contribution in [0.25, 0.3) is 10.9 Å². The van der Waals surface area contributed by atoms with Gasteiger partial charge in [-0.15, -0.1) is 10.2 Å². The molecule has 2 heterocycles. The molecule has 0 spiro atoms. The SMILES string of the molecule is O=C(Nc1nncs1)[C@H]1C[C@H](Oc2cccc3cccnc23)C1. The Hall–Kier alpha value is -2.54. The zero-order chi connectivity index (χ0) is 15.6. The van der Waals surface area contributed by atoms with Gasteiger partial charge in [0, 0.05) is 17.5 Å². The molecule has 6 nitrogen and oxygen atoms in total. The van der Waals surface area contributed by atoms with Gasteiger partial charge in [-0.25, -0.2) is 0 Å². The number of nitrogens with zero attached hydrogens (tertiary/aromatic N) is 3. The molecular weight excluding hydrogens is 312 g/mol. The number of aromatic nitrogens is 3. The van der Waals surface area contributed by atoms with Gasteiger partial charge < -0.3 is 10.1 Å². The third-order valence-corrected chi connectivity index (χ3v) is 4.55. The largest absolute Gasteiger partial charge is 0.488 e. The number of amides is 1. The Kier molecular flexibility index (Phi) is 3.63. The maximum Gasteiger partial charge on any atom is 0.229 e. The fraction of sp³-hybridized carbons (Fsp3) is 0.250. The summed E-state index contributed by atoms with van der Waals surface area (Å²) in [6.07, 6.45) is 3.21. The highest BCUT2D eigenvalue weighted by Gasteiger charge is 2.36. The minimum atomic E-state index is -0.0353. The van der Waals surface area contributed by atoms with Crippen LogP contribution in [0.4, 0.5) is 5.13 Å². The van der Waals surface area contributed by atoms with E-state index in [2.05, 4.69) is 20.5 Å². The molecule has 4 rings (SSSR count). The molecule has 1 aliphatic carbocycles. The van der Waals surface area contributed by atoms with Crippen LogP contribution in [0.15, 0.2) is 42.0 Å². The van der Waals surface area contributed by atoms with Gasteiger partial charge in [0.2, 0.25) is 11.0 Å². The fourth-order valence-electron chi connectivity index (χ4n) is 2.66. The summed E-state index contributed by atoms with van der Waals surface area (Å²) in [6, 6.07) is 9.80. The third-order valence-electron chi connectivity index (χ3n) is 3.95. The first kappa shape index (κ1) is 14.1. The van der Waals surface area contributed by atoms with Crippen LogP contribution in [-0.2, 0) is 4.79 Å². The maximum atomic E-state index is 12.1. The monoisotopic (exact) mass is 326 g/mol. The Morgan fingerprint density at radius 3 is 2.96 bits per heavy atom. The van der Waals surface area contributed by atoms with E-state index in [1.54, 1.807) is 11.7 Å². The molecule has 0 bridgehead atoms. The fourth-order valence-corrected chi connectivity index (χ4v) is 3.11. The van der Waals surface area contributed by atoms with E-state index in [0.29, 0.717) is 18.0 Å². The molecule has 0 unspecified atom stereocenters. The topological polar surface area (TPSA) is 77.0 Å². The molecule has 0 saturated heterocycles. The van der Waals surface area contributed by atoms with Crippen molar-refractivity contribution in [2.24, 2.45) is 5.92 Å². The Balaban J connectivity index is 1.38. The molecule has 1 aliphatic rings. The van der Waals surface area contributed by atoms with Crippen LogP contribution in [-0.4, -0.2) is 27.2 Å². The van der Waals surface area contributed by atoms with Crippen molar-refractivity contribution in [1.29, 1.82) is 0 Å². The minimum absolute atomic E-state index is 0.0161. The van der Waals surface area contributed by atoms with E-state index < -0.39 is 0 Å². The summed E-state index contributed by atoms with van der Waals surface area (Å²) in [5.74, 6) is 0.723. The molecular formula is C16H14N4O2S. The summed E-state index contributed by atoms with van der Waals surface area (Å²) in [6.45, 7) is 0. The number of ether oxygens (including phenoxy) is 1. The van der Waals surface area contributed by atoms with Crippen LogP contribution in [0.2, 0.25) is 0 Å². The second-order valence-corrected chi connectivity index (χ2v) is 6.31. The normalized spacial score (nSPS) is 20.0. The predicted molar refractivity (Wildman–Crippen MR) is 87.4 cm³/mol. The number of nitrogens with one attached hydrogen (secondary N) is 1. The van der Waals surface area contributed by atoms with E-state index in [0.717, 1.165) is 16.7 Å². The summed E-state index contributed by atoms with van der Waals surface area (Å²) < 4.78 is 6.01. The number of hydrogen-bond acceptors (Lipinski definition) is 6. The summed E-state index contributed by atoms with van der Waals surface area (Å²) in [7, 11) is 0. The number of benzene rings is 1. The Morgan fingerprint density at radius 1 is 1.26 bits per heavy atom. The number of fused-ring (bicyclic) bond motifs is 1. The minimum Gasteiger partial charge on any atom is -0.488 e. The standard InChI is InChI=1S/C16H14N4O2S/c21-15(19-16-20-18-9-23-16)11-7-12(8-11)22-13-5-1-3-10-4-2-6-17-14(10)13/h1-6,9,11-12H,7-8H2,(H,19,20,21)/t11-,12-. The highest BCUT2D eigenvalue weighted by molar-refractivity contribution is 7.13. The van der Waals surface area contributed by atoms with Crippen molar-refractivity contribution in [3.63, 3.8) is 0 Å². The molecule has 1 amide bonds. The maximum absolute atomic E-state index is 12.1. The molecule has 1 fully saturated rings. The van der Waals surface area contributed by atoms with Gasteiger partial charge in [0.15, 0.2) is 0 Å². The van der Waals surface area contributed by atoms with Gasteiger partial charge in [0.05, 0.1) is 0 Å². The lowest BCUT2D eigenvalue weighted by molar-refractivity contribution is -0.125. The first-order valence-electron chi connectivity index (χ1n) is 7.37. The predicted octanol–water partition coefficient (Wildman–Crippen LogP) is 2.88. The van der Waals surface area contributed by atoms with E-state index in [4.69, 9.17) is 4.74 Å². The van der Waals surface area contributed by atoms with E-state index in [9.17, 15) is 4.79 Å². The lowest BCUT2D eigenvalue weighted by atomic mass is 9.81. The van der Waals surface area contributed by atoms with E-state index >= 15 is 0 Å². The van der Waals surface area contributed by atoms with Gasteiger partial charge in [-0.3, -0.25) is 9.78 Å². The molecule has 23 heavy (non-hydrogen) atoms. The number of hydrogen-bond donors (Lipinski definition) is 1. The number of carbonyl (C=O) groups excluding carboxylic acids is 1. The third kappa shape index (κ3) is 2.87. The molecule has 3 aromatic rings. The van der Waals surface area contributed by atoms with Crippen molar-refractivity contribution in [2.45, 2.75) is 18.9 Å². The second-order valence-electron chi connectivity index (χ2n) is 5.47. The van der Waals surface area contributed by atoms with Crippen molar-refractivity contribution < 1.29 is 9.53 Å². The van der Waals surface area contributed by atoms with E-state index in [1.165, 1.54) is 11.3 Å². The number of pyridine rings is 1. The Bertz CT molecular complexity index is 826. The average Bonchev–Trinajstić information content (AvgIpc) is 3.03. The van der Waals surface area contributed by atoms with Gasteiger partial charge >= 0.3 is 0 Å². The van der Waals surface area contributed by atoms with Crippen LogP contribution >= 0.6 is 11.3 Å². The van der Waals surface area contributed by atoms with Crippen LogP contribution in [0.1, 0.15) is 12.8 Å². The van der Waals surface area contributed by atoms with Crippen LogP contribution in [0, 0.1) is 5.92 Å². The Labute approximate surface area is 136 Å². The van der Waals surface area contributed by atoms with Gasteiger partial charge in [-0.2, -0.15) is 0 Å². The first-order valence-corrected chi connectivity index (χ1v) is 8.25. The van der Waals surface area contributed by atoms with Crippen LogP contribution < -0.4 is 10.1 Å². The molecule has 116 valence electrons. The molecule has 0 aliphatic heterocycles. The zero-order valence-corrected chi connectivity index (χ0v) is 13.0. The number of anilines is 1. The van der Waals surface area contributed by atoms with Gasteiger partial charge in [-0.1, -0.05) is 29.5 Å². The van der Waals surface area contributed by atoms with Crippen LogP contribution in [0.5, 0.6) is 5.75 Å². The quantitative estimate of drug-likeness (QED) is 0.798. The molecule has 2 aromatic heterocycles. The van der Waals surface area contributed by atoms with Crippen LogP contribution in [0.3, 0.4) is 0 Å². The highest BCUT2D eigenvalue weighted by atomic mass is 32.1. The summed E-state index contributed by atoms with van der Waals surface area (Å²) in [4.78, 5) is 16.4. The molecule has 0 radical (unpaired) electrons. The average molecular weight is 326 g/mol. The number of carbonyl (C=O) groups is 1. The van der Waals surface area contributed by atoms with E-state index in [1.807, 2.05) is 30.3 Å². The van der Waals surface area contributed by atoms with Gasteiger partial charge in [0.1, 0.15) is 22.9 Å². The number of rotatable bonds is 4. The number of para-hydroxylation sites is 1. The second kappa shape index (κ2) is 5.92. The Morgan fingerprint density at radius 2 is 2.13 bits per heavy atom. The zero-order valence-electron chi connectivity index (χ0n) is 12.2. The highest BCUT2D eigenvalue weighted by Crippen LogP contribution is 2.34. The molecule has 1 aromatic carbocycles. The van der Waals surface area contributed by atoms with Crippen molar-refractivity contribution in [3.8, 4) is 5.75 Å². The van der Waals surface area contributed by atoms with Crippen molar-refractivity contribution in [3.05, 3.63) is 42.0 Å². The first-order chi connectivity index (χ1) is 11.3. The van der Waals surface area contributed by atoms with Crippen molar-refractivity contribution in [1.82, 2.24) is 15.2 Å². The smallest absolute Gasteiger partial charge is 0.229 e. The van der Waals surface area contributed by atoms with Crippen molar-refractivity contribution in [2.75, 3.05) is 5.32 Å². The molecule has 1 saturated carbocycles. The summed E-state index contributed by atoms with van der Waals surface area (Å²) in [5, 5.41) is 11.9. The lowest BCUT2D eigenvalue weighted by Gasteiger charge is -2.34. The van der Waals surface area contributed by atoms with E-state index in [-0.39, 0.29) is 17.9 Å². The molecule has 0 atom stereocenters. The van der Waals surface area contributed by atoms with Gasteiger partial charge in [0.25, 0.3) is 0 Å². The van der Waals surface area contributed by atoms with Gasteiger partial charge in [-0.05, 0) is 25.0 Å². The van der Waals surface area contributed by atoms with Crippen molar-refractivity contribution >= 4 is 33.3 Å². The summed E-state index contributed by atoms with van der Waals surface area (Å²) in [5.41, 5.74) is 2.45. The molecule has 1 N–H and O–H groups in total. The lowest BCUT2D eigenvalue weighted by Crippen LogP contribution is -2.40. The summed E-state index contributed by atoms with van der Waals surface area (Å²) >= 11 is 1.31. The molecule has 7 heteroatoms.